The van der Waals surface area contributed by atoms with Crippen molar-refractivity contribution in [2.24, 2.45) is 0 Å². The van der Waals surface area contributed by atoms with Crippen molar-refractivity contribution in [2.75, 3.05) is 10.6 Å². The van der Waals surface area contributed by atoms with Gasteiger partial charge in [-0.3, -0.25) is 9.59 Å². The van der Waals surface area contributed by atoms with Gasteiger partial charge in [-0.15, -0.1) is 0 Å². The van der Waals surface area contributed by atoms with Gasteiger partial charge < -0.3 is 10.6 Å². The number of amides is 2. The molecule has 0 radical (unpaired) electrons. The summed E-state index contributed by atoms with van der Waals surface area (Å²) in [5.41, 5.74) is 0.752. The van der Waals surface area contributed by atoms with Crippen LogP contribution in [0.25, 0.3) is 0 Å². The van der Waals surface area contributed by atoms with E-state index in [9.17, 15) is 18.4 Å². The molecule has 0 saturated heterocycles. The molecule has 0 atom stereocenters. The van der Waals surface area contributed by atoms with Crippen LogP contribution < -0.4 is 10.6 Å². The van der Waals surface area contributed by atoms with Crippen LogP contribution in [0.15, 0.2) is 57.5 Å². The smallest absolute Gasteiger partial charge is 0.251 e. The molecule has 0 heterocycles. The second kappa shape index (κ2) is 8.35. The Hall–Kier alpha value is -2.06. The Balaban J connectivity index is 1.96. The summed E-state index contributed by atoms with van der Waals surface area (Å²) >= 11 is 6.27. The van der Waals surface area contributed by atoms with Crippen molar-refractivity contribution in [2.45, 2.75) is 6.42 Å². The lowest BCUT2D eigenvalue weighted by Crippen LogP contribution is -2.20. The van der Waals surface area contributed by atoms with E-state index >= 15 is 0 Å². The Bertz CT molecular complexity index is 857. The van der Waals surface area contributed by atoms with E-state index in [2.05, 4.69) is 49.1 Å². The van der Waals surface area contributed by atoms with E-state index in [1.54, 1.807) is 0 Å². The lowest BCUT2D eigenvalue weighted by atomic mass is 10.2. The average molecular weight is 474 g/mol. The molecule has 0 fully saturated rings. The summed E-state index contributed by atoms with van der Waals surface area (Å²) in [6.07, 6.45) is -0.255. The van der Waals surface area contributed by atoms with E-state index in [1.807, 2.05) is 0 Å². The number of benzene rings is 2. The summed E-state index contributed by atoms with van der Waals surface area (Å²) in [5, 5.41) is 5.09. The molecule has 8 heteroatoms. The molecular formula is C17H12Br2F2N2O2. The fourth-order valence-corrected chi connectivity index (χ4v) is 2.76. The highest BCUT2D eigenvalue weighted by atomic mass is 79.9. The first kappa shape index (κ1) is 19.3. The molecule has 2 aromatic rings. The summed E-state index contributed by atoms with van der Waals surface area (Å²) < 4.78 is 26.8. The molecule has 2 N–H and O–H groups in total. The van der Waals surface area contributed by atoms with Crippen LogP contribution in [-0.4, -0.2) is 11.8 Å². The Morgan fingerprint density at radius 1 is 0.920 bits per heavy atom. The number of rotatable bonds is 5. The fraction of sp³-hybridized carbons (Fsp3) is 0.0588. The van der Waals surface area contributed by atoms with Gasteiger partial charge in [-0.05, 0) is 68.3 Å². The standard InChI is InChI=1S/C17H12Br2F2N2O2/c1-9(17(25)23-15-5-3-11(21)8-13(15)19)6-16(24)22-14-4-2-10(20)7-12(14)18/h2-5,7-8H,1,6H2,(H,22,24)(H,23,25). The van der Waals surface area contributed by atoms with E-state index in [-0.39, 0.29) is 12.0 Å². The number of carbonyl (C=O) groups excluding carboxylic acids is 2. The van der Waals surface area contributed by atoms with Crippen molar-refractivity contribution in [3.05, 3.63) is 69.1 Å². The summed E-state index contributed by atoms with van der Waals surface area (Å²) in [6.45, 7) is 3.58. The molecule has 0 aliphatic heterocycles. The van der Waals surface area contributed by atoms with E-state index < -0.39 is 23.4 Å². The van der Waals surface area contributed by atoms with Gasteiger partial charge in [0.1, 0.15) is 11.6 Å². The van der Waals surface area contributed by atoms with Gasteiger partial charge >= 0.3 is 0 Å². The van der Waals surface area contributed by atoms with Crippen LogP contribution in [0.5, 0.6) is 0 Å². The number of hydrogen-bond donors (Lipinski definition) is 2. The highest BCUT2D eigenvalue weighted by molar-refractivity contribution is 9.11. The minimum Gasteiger partial charge on any atom is -0.325 e. The van der Waals surface area contributed by atoms with Crippen molar-refractivity contribution < 1.29 is 18.4 Å². The fourth-order valence-electron chi connectivity index (χ4n) is 1.86. The van der Waals surface area contributed by atoms with E-state index in [4.69, 9.17) is 0 Å². The van der Waals surface area contributed by atoms with Gasteiger partial charge in [0.25, 0.3) is 5.91 Å². The van der Waals surface area contributed by atoms with Crippen LogP contribution in [0.4, 0.5) is 20.2 Å². The van der Waals surface area contributed by atoms with Crippen molar-refractivity contribution in [3.63, 3.8) is 0 Å². The number of carbonyl (C=O) groups is 2. The number of halogens is 4. The first-order chi connectivity index (χ1) is 11.8. The molecule has 0 bridgehead atoms. The summed E-state index contributed by atoms with van der Waals surface area (Å²) in [7, 11) is 0. The largest absolute Gasteiger partial charge is 0.325 e. The number of nitrogens with one attached hydrogen (secondary N) is 2. The van der Waals surface area contributed by atoms with E-state index in [0.29, 0.717) is 20.3 Å². The third-order valence-corrected chi connectivity index (χ3v) is 4.39. The second-order valence-corrected chi connectivity index (χ2v) is 6.74. The maximum absolute atomic E-state index is 13.0. The van der Waals surface area contributed by atoms with Crippen LogP contribution >= 0.6 is 31.9 Å². The van der Waals surface area contributed by atoms with Gasteiger partial charge in [0.15, 0.2) is 0 Å². The van der Waals surface area contributed by atoms with Crippen molar-refractivity contribution in [3.8, 4) is 0 Å². The molecule has 2 rings (SSSR count). The van der Waals surface area contributed by atoms with Gasteiger partial charge in [0.2, 0.25) is 5.91 Å². The molecule has 25 heavy (non-hydrogen) atoms. The summed E-state index contributed by atoms with van der Waals surface area (Å²) in [5.74, 6) is -1.95. The Kier molecular flexibility index (Phi) is 6.44. The molecule has 0 unspecified atom stereocenters. The average Bonchev–Trinajstić information content (AvgIpc) is 2.52. The SMILES string of the molecule is C=C(CC(=O)Nc1ccc(F)cc1Br)C(=O)Nc1ccc(F)cc1Br. The van der Waals surface area contributed by atoms with Crippen LogP contribution in [0.2, 0.25) is 0 Å². The number of hydrogen-bond acceptors (Lipinski definition) is 2. The maximum Gasteiger partial charge on any atom is 0.251 e. The molecule has 2 amide bonds. The van der Waals surface area contributed by atoms with Gasteiger partial charge in [0.05, 0.1) is 17.8 Å². The van der Waals surface area contributed by atoms with Crippen LogP contribution in [0, 0.1) is 11.6 Å². The van der Waals surface area contributed by atoms with Crippen molar-refractivity contribution >= 4 is 55.0 Å². The molecule has 0 aliphatic carbocycles. The van der Waals surface area contributed by atoms with Crippen LogP contribution in [0.1, 0.15) is 6.42 Å². The quantitative estimate of drug-likeness (QED) is 0.599. The Morgan fingerprint density at radius 2 is 1.40 bits per heavy atom. The molecule has 130 valence electrons. The minimum absolute atomic E-state index is 0.0203. The lowest BCUT2D eigenvalue weighted by Gasteiger charge is -2.10. The lowest BCUT2D eigenvalue weighted by molar-refractivity contribution is -0.118. The zero-order valence-electron chi connectivity index (χ0n) is 12.7. The zero-order chi connectivity index (χ0) is 18.6. The minimum atomic E-state index is -0.569. The first-order valence-corrected chi connectivity index (χ1v) is 8.54. The monoisotopic (exact) mass is 472 g/mol. The Labute approximate surface area is 159 Å². The predicted molar refractivity (Wildman–Crippen MR) is 99.2 cm³/mol. The van der Waals surface area contributed by atoms with Gasteiger partial charge in [-0.1, -0.05) is 6.58 Å². The van der Waals surface area contributed by atoms with E-state index in [1.165, 1.54) is 36.4 Å². The van der Waals surface area contributed by atoms with Crippen LogP contribution in [-0.2, 0) is 9.59 Å². The predicted octanol–water partition coefficient (Wildman–Crippen LogP) is 5.01. The molecular weight excluding hydrogens is 462 g/mol. The van der Waals surface area contributed by atoms with Crippen molar-refractivity contribution in [1.82, 2.24) is 0 Å². The molecule has 0 aliphatic rings. The molecule has 2 aromatic carbocycles. The zero-order valence-corrected chi connectivity index (χ0v) is 15.9. The number of anilines is 2. The second-order valence-electron chi connectivity index (χ2n) is 5.03. The third kappa shape index (κ3) is 5.47. The first-order valence-electron chi connectivity index (χ1n) is 6.95. The molecule has 0 saturated carbocycles. The van der Waals surface area contributed by atoms with Crippen molar-refractivity contribution in [1.29, 1.82) is 0 Å². The molecule has 0 aromatic heterocycles. The summed E-state index contributed by atoms with van der Waals surface area (Å²) in [4.78, 5) is 24.1. The highest BCUT2D eigenvalue weighted by Gasteiger charge is 2.14. The van der Waals surface area contributed by atoms with Crippen LogP contribution in [0.3, 0.4) is 0 Å². The highest BCUT2D eigenvalue weighted by Crippen LogP contribution is 2.25. The molecule has 0 spiro atoms. The van der Waals surface area contributed by atoms with Gasteiger partial charge in [0, 0.05) is 14.5 Å². The summed E-state index contributed by atoms with van der Waals surface area (Å²) in [6, 6.07) is 7.60. The third-order valence-electron chi connectivity index (χ3n) is 3.08. The topological polar surface area (TPSA) is 58.2 Å². The van der Waals surface area contributed by atoms with E-state index in [0.717, 1.165) is 0 Å². The van der Waals surface area contributed by atoms with Gasteiger partial charge in [-0.25, -0.2) is 8.78 Å². The Morgan fingerprint density at radius 3 is 1.88 bits per heavy atom. The normalized spacial score (nSPS) is 10.2. The maximum atomic E-state index is 13.0. The molecule has 4 nitrogen and oxygen atoms in total. The van der Waals surface area contributed by atoms with Gasteiger partial charge in [-0.2, -0.15) is 0 Å².